The highest BCUT2D eigenvalue weighted by atomic mass is 16.4. The van der Waals surface area contributed by atoms with Crippen molar-refractivity contribution in [2.75, 3.05) is 5.73 Å². The maximum absolute atomic E-state index is 9.90. The molecule has 0 radical (unpaired) electrons. The van der Waals surface area contributed by atoms with Gasteiger partial charge in [-0.1, -0.05) is 0 Å². The van der Waals surface area contributed by atoms with Crippen LogP contribution in [0.4, 0.5) is 5.69 Å². The Balaban J connectivity index is 0.000000241. The van der Waals surface area contributed by atoms with Crippen molar-refractivity contribution in [2.45, 2.75) is 19.4 Å². The molecule has 1 heterocycles. The predicted octanol–water partition coefficient (Wildman–Crippen LogP) is 0.472. The number of hydrogen-bond donors (Lipinski definition) is 3. The fourth-order valence-corrected chi connectivity index (χ4v) is 0.376. The zero-order chi connectivity index (χ0) is 11.2. The summed E-state index contributed by atoms with van der Waals surface area (Å²) in [6.45, 7) is 2.88. The van der Waals surface area contributed by atoms with Gasteiger partial charge in [-0.15, -0.1) is 0 Å². The van der Waals surface area contributed by atoms with Crippen molar-refractivity contribution in [2.24, 2.45) is 5.73 Å². The van der Waals surface area contributed by atoms with Crippen LogP contribution in [0.5, 0.6) is 0 Å². The molecule has 0 aliphatic rings. The van der Waals surface area contributed by atoms with Crippen molar-refractivity contribution in [3.63, 3.8) is 0 Å². The number of nitrogens with zero attached hydrogens (tertiary/aromatic N) is 1. The maximum atomic E-state index is 9.90. The molecule has 78 valence electrons. The van der Waals surface area contributed by atoms with Gasteiger partial charge in [0.15, 0.2) is 0 Å². The highest BCUT2D eigenvalue weighted by molar-refractivity contribution is 5.77. The molecule has 0 spiro atoms. The van der Waals surface area contributed by atoms with Crippen LogP contribution in [-0.2, 0) is 4.79 Å². The van der Waals surface area contributed by atoms with Gasteiger partial charge < -0.3 is 16.6 Å². The van der Waals surface area contributed by atoms with Crippen LogP contribution in [0, 0.1) is 0 Å². The van der Waals surface area contributed by atoms with E-state index in [0.29, 0.717) is 5.69 Å². The summed E-state index contributed by atoms with van der Waals surface area (Å²) in [7, 11) is 0. The molecule has 0 saturated carbocycles. The van der Waals surface area contributed by atoms with Crippen LogP contribution in [0.25, 0.3) is 0 Å². The van der Waals surface area contributed by atoms with Gasteiger partial charge in [-0.05, 0) is 26.0 Å². The number of aliphatic carboxylic acids is 1. The van der Waals surface area contributed by atoms with E-state index < -0.39 is 11.5 Å². The number of carboxylic acid groups (broad SMARTS) is 1. The van der Waals surface area contributed by atoms with E-state index >= 15 is 0 Å². The summed E-state index contributed by atoms with van der Waals surface area (Å²) in [4.78, 5) is 13.7. The molecule has 0 saturated heterocycles. The second kappa shape index (κ2) is 5.18. The van der Waals surface area contributed by atoms with Gasteiger partial charge in [-0.25, -0.2) is 0 Å². The molecule has 0 aromatic carbocycles. The molecule has 0 aliphatic carbocycles. The third kappa shape index (κ3) is 5.96. The third-order valence-electron chi connectivity index (χ3n) is 1.24. The molecular formula is C9H15N3O2. The molecule has 0 fully saturated rings. The van der Waals surface area contributed by atoms with E-state index in [-0.39, 0.29) is 0 Å². The Morgan fingerprint density at radius 1 is 1.57 bits per heavy atom. The Hall–Kier alpha value is -1.62. The Bertz CT molecular complexity index is 280. The number of carboxylic acids is 1. The molecule has 1 aromatic heterocycles. The number of pyridine rings is 1. The first-order chi connectivity index (χ1) is 6.34. The minimum Gasteiger partial charge on any atom is -0.480 e. The summed E-state index contributed by atoms with van der Waals surface area (Å²) in [6, 6.07) is 3.60. The largest absolute Gasteiger partial charge is 0.480 e. The highest BCUT2D eigenvalue weighted by Crippen LogP contribution is 1.93. The van der Waals surface area contributed by atoms with E-state index in [0.717, 1.165) is 0 Å². The molecule has 5 nitrogen and oxygen atoms in total. The van der Waals surface area contributed by atoms with E-state index in [1.165, 1.54) is 13.8 Å². The molecule has 0 unspecified atom stereocenters. The Morgan fingerprint density at radius 3 is 2.21 bits per heavy atom. The Morgan fingerprint density at radius 2 is 2.07 bits per heavy atom. The van der Waals surface area contributed by atoms with Gasteiger partial charge in [-0.3, -0.25) is 9.78 Å². The molecule has 1 rings (SSSR count). The van der Waals surface area contributed by atoms with Gasteiger partial charge in [0.2, 0.25) is 0 Å². The van der Waals surface area contributed by atoms with Gasteiger partial charge in [-0.2, -0.15) is 0 Å². The average Bonchev–Trinajstić information content (AvgIpc) is 2.04. The first-order valence-electron chi connectivity index (χ1n) is 4.02. The molecular weight excluding hydrogens is 182 g/mol. The number of anilines is 1. The Labute approximate surface area is 82.8 Å². The molecule has 5 N–H and O–H groups in total. The highest BCUT2D eigenvalue weighted by Gasteiger charge is 2.19. The fourth-order valence-electron chi connectivity index (χ4n) is 0.376. The minimum absolute atomic E-state index is 0.711. The van der Waals surface area contributed by atoms with E-state index in [9.17, 15) is 4.79 Å². The van der Waals surface area contributed by atoms with Crippen LogP contribution in [0.3, 0.4) is 0 Å². The summed E-state index contributed by atoms with van der Waals surface area (Å²) in [6.07, 6.45) is 3.30. The van der Waals surface area contributed by atoms with Crippen molar-refractivity contribution in [1.29, 1.82) is 0 Å². The fraction of sp³-hybridized carbons (Fsp3) is 0.333. The van der Waals surface area contributed by atoms with Crippen LogP contribution in [0.2, 0.25) is 0 Å². The zero-order valence-corrected chi connectivity index (χ0v) is 8.27. The molecule has 0 amide bonds. The monoisotopic (exact) mass is 197 g/mol. The van der Waals surface area contributed by atoms with E-state index in [2.05, 4.69) is 4.98 Å². The summed E-state index contributed by atoms with van der Waals surface area (Å²) in [5, 5.41) is 8.12. The number of rotatable bonds is 1. The summed E-state index contributed by atoms with van der Waals surface area (Å²) < 4.78 is 0. The predicted molar refractivity (Wildman–Crippen MR) is 54.6 cm³/mol. The third-order valence-corrected chi connectivity index (χ3v) is 1.24. The van der Waals surface area contributed by atoms with Gasteiger partial charge in [0.25, 0.3) is 0 Å². The van der Waals surface area contributed by atoms with E-state index in [1.54, 1.807) is 24.5 Å². The lowest BCUT2D eigenvalue weighted by Gasteiger charge is -2.09. The number of aromatic nitrogens is 1. The van der Waals surface area contributed by atoms with Crippen LogP contribution < -0.4 is 11.5 Å². The van der Waals surface area contributed by atoms with Crippen LogP contribution >= 0.6 is 0 Å². The smallest absolute Gasteiger partial charge is 0.323 e. The molecule has 5 heteroatoms. The lowest BCUT2D eigenvalue weighted by atomic mass is 10.1. The molecule has 14 heavy (non-hydrogen) atoms. The second-order valence-electron chi connectivity index (χ2n) is 3.31. The number of carbonyl (C=O) groups is 1. The lowest BCUT2D eigenvalue weighted by Crippen LogP contribution is -2.41. The Kier molecular flexibility index (Phi) is 4.58. The van der Waals surface area contributed by atoms with Crippen LogP contribution in [-0.4, -0.2) is 21.6 Å². The van der Waals surface area contributed by atoms with Crippen molar-refractivity contribution < 1.29 is 9.90 Å². The lowest BCUT2D eigenvalue weighted by molar-refractivity contribution is -0.141. The summed E-state index contributed by atoms with van der Waals surface area (Å²) in [5.74, 6) is -0.979. The number of nitrogens with two attached hydrogens (primary N) is 2. The number of hydrogen-bond acceptors (Lipinski definition) is 4. The first kappa shape index (κ1) is 12.4. The van der Waals surface area contributed by atoms with E-state index in [1.807, 2.05) is 0 Å². The van der Waals surface area contributed by atoms with Crippen molar-refractivity contribution in [1.82, 2.24) is 4.98 Å². The molecule has 1 aromatic rings. The standard InChI is InChI=1S/C5H6N2.C4H9NO2/c6-5-2-1-3-7-4-5;1-4(2,5)3(6)7/h1-4H,6H2;5H2,1-2H3,(H,6,7). The quantitative estimate of drug-likeness (QED) is 0.607. The summed E-state index contributed by atoms with van der Waals surface area (Å²) >= 11 is 0. The van der Waals surface area contributed by atoms with Gasteiger partial charge in [0.05, 0.1) is 5.69 Å². The van der Waals surface area contributed by atoms with Crippen LogP contribution in [0.15, 0.2) is 24.5 Å². The zero-order valence-electron chi connectivity index (χ0n) is 8.27. The van der Waals surface area contributed by atoms with Crippen molar-refractivity contribution >= 4 is 11.7 Å². The molecule has 0 atom stereocenters. The van der Waals surface area contributed by atoms with Gasteiger partial charge >= 0.3 is 5.97 Å². The average molecular weight is 197 g/mol. The second-order valence-corrected chi connectivity index (χ2v) is 3.31. The first-order valence-corrected chi connectivity index (χ1v) is 4.02. The topological polar surface area (TPSA) is 102 Å². The van der Waals surface area contributed by atoms with Gasteiger partial charge in [0, 0.05) is 12.4 Å². The van der Waals surface area contributed by atoms with Crippen molar-refractivity contribution in [3.8, 4) is 0 Å². The number of nitrogen functional groups attached to an aromatic ring is 1. The molecule has 0 aliphatic heterocycles. The normalized spacial score (nSPS) is 9.93. The van der Waals surface area contributed by atoms with E-state index in [4.69, 9.17) is 16.6 Å². The summed E-state index contributed by atoms with van der Waals surface area (Å²) in [5.41, 5.74) is 10.0. The van der Waals surface area contributed by atoms with Crippen LogP contribution in [0.1, 0.15) is 13.8 Å². The van der Waals surface area contributed by atoms with Gasteiger partial charge in [0.1, 0.15) is 5.54 Å². The maximum Gasteiger partial charge on any atom is 0.323 e. The van der Waals surface area contributed by atoms with Crippen molar-refractivity contribution in [3.05, 3.63) is 24.5 Å². The minimum atomic E-state index is -1.08. The SMILES string of the molecule is CC(C)(N)C(=O)O.Nc1cccnc1. The molecule has 0 bridgehead atoms.